The normalized spacial score (nSPS) is 11.0. The molecule has 0 aliphatic heterocycles. The largest absolute Gasteiger partial charge is 0.417 e. The second-order valence-corrected chi connectivity index (χ2v) is 8.33. The van der Waals surface area contributed by atoms with E-state index in [4.69, 9.17) is 4.74 Å². The molecule has 6 nitrogen and oxygen atoms in total. The Morgan fingerprint density at radius 3 is 1.64 bits per heavy atom. The fourth-order valence-corrected chi connectivity index (χ4v) is 4.36. The predicted molar refractivity (Wildman–Crippen MR) is 142 cm³/mol. The number of hydrogen-bond donors (Lipinski definition) is 2. The molecular weight excluding hydrogens is 448 g/mol. The summed E-state index contributed by atoms with van der Waals surface area (Å²) in [5, 5.41) is 10.9. The van der Waals surface area contributed by atoms with Crippen LogP contribution < -0.4 is 15.4 Å². The van der Waals surface area contributed by atoms with Crippen molar-refractivity contribution in [2.75, 3.05) is 10.6 Å². The van der Waals surface area contributed by atoms with Crippen molar-refractivity contribution >= 4 is 17.6 Å². The van der Waals surface area contributed by atoms with Gasteiger partial charge < -0.3 is 10.1 Å². The third-order valence-electron chi connectivity index (χ3n) is 6.05. The smallest absolute Gasteiger partial charge is 0.404 e. The molecule has 0 spiro atoms. The number of benzene rings is 4. The minimum absolute atomic E-state index is 0.318. The summed E-state index contributed by atoms with van der Waals surface area (Å²) >= 11 is 0. The maximum absolute atomic E-state index is 12.7. The molecule has 0 radical (unpaired) electrons. The standard InChI is InChI=1S/C30H26N4O2/c1-34-28(27(22-31-34)36-29(35)32-26-20-12-5-13-21-26)33-30(23-14-6-2-7-15-23,24-16-8-3-9-17-24)25-18-10-4-11-19-25/h2-22,33H,1H3,(H,32,35). The molecule has 0 bridgehead atoms. The summed E-state index contributed by atoms with van der Waals surface area (Å²) in [5.74, 6) is 0.882. The molecule has 178 valence electrons. The Bertz CT molecular complexity index is 1320. The van der Waals surface area contributed by atoms with Crippen molar-refractivity contribution in [1.82, 2.24) is 9.78 Å². The number of hydrogen-bond acceptors (Lipinski definition) is 4. The highest BCUT2D eigenvalue weighted by atomic mass is 16.6. The maximum atomic E-state index is 12.7. The minimum Gasteiger partial charge on any atom is -0.404 e. The van der Waals surface area contributed by atoms with E-state index in [-0.39, 0.29) is 0 Å². The molecule has 0 atom stereocenters. The van der Waals surface area contributed by atoms with Crippen LogP contribution in [0.5, 0.6) is 5.75 Å². The summed E-state index contributed by atoms with van der Waals surface area (Å²) < 4.78 is 7.40. The Balaban J connectivity index is 1.60. The molecule has 1 amide bonds. The first-order valence-electron chi connectivity index (χ1n) is 11.7. The van der Waals surface area contributed by atoms with E-state index in [9.17, 15) is 4.79 Å². The van der Waals surface area contributed by atoms with E-state index in [0.717, 1.165) is 16.7 Å². The van der Waals surface area contributed by atoms with Gasteiger partial charge in [0.2, 0.25) is 0 Å². The Labute approximate surface area is 210 Å². The van der Waals surface area contributed by atoms with Gasteiger partial charge in [0, 0.05) is 12.7 Å². The zero-order valence-corrected chi connectivity index (χ0v) is 19.8. The van der Waals surface area contributed by atoms with E-state index in [0.29, 0.717) is 17.3 Å². The molecule has 0 unspecified atom stereocenters. The van der Waals surface area contributed by atoms with Crippen LogP contribution >= 0.6 is 0 Å². The average molecular weight is 475 g/mol. The van der Waals surface area contributed by atoms with Crippen molar-refractivity contribution in [2.45, 2.75) is 5.54 Å². The summed E-state index contributed by atoms with van der Waals surface area (Å²) in [6.45, 7) is 0. The fraction of sp³-hybridized carbons (Fsp3) is 0.0667. The van der Waals surface area contributed by atoms with Gasteiger partial charge in [-0.2, -0.15) is 5.10 Å². The van der Waals surface area contributed by atoms with Gasteiger partial charge in [-0.25, -0.2) is 9.48 Å². The number of rotatable bonds is 7. The van der Waals surface area contributed by atoms with Crippen LogP contribution in [-0.2, 0) is 12.6 Å². The first-order chi connectivity index (χ1) is 17.7. The number of aryl methyl sites for hydroxylation is 1. The second kappa shape index (κ2) is 10.2. The molecule has 6 heteroatoms. The van der Waals surface area contributed by atoms with Crippen LogP contribution in [0.1, 0.15) is 16.7 Å². The molecule has 0 saturated heterocycles. The van der Waals surface area contributed by atoms with Gasteiger partial charge in [0.15, 0.2) is 11.6 Å². The van der Waals surface area contributed by atoms with E-state index < -0.39 is 11.6 Å². The molecule has 1 heterocycles. The number of aromatic nitrogens is 2. The molecule has 0 aliphatic rings. The van der Waals surface area contributed by atoms with E-state index in [1.165, 1.54) is 0 Å². The molecule has 5 aromatic rings. The molecule has 0 fully saturated rings. The number of anilines is 2. The van der Waals surface area contributed by atoms with Gasteiger partial charge in [-0.15, -0.1) is 0 Å². The number of carbonyl (C=O) groups is 1. The number of amides is 1. The van der Waals surface area contributed by atoms with Gasteiger partial charge in [-0.3, -0.25) is 5.32 Å². The van der Waals surface area contributed by atoms with Crippen molar-refractivity contribution in [1.29, 1.82) is 0 Å². The Kier molecular flexibility index (Phi) is 6.49. The van der Waals surface area contributed by atoms with Gasteiger partial charge >= 0.3 is 6.09 Å². The number of nitrogens with zero attached hydrogens (tertiary/aromatic N) is 2. The van der Waals surface area contributed by atoms with E-state index in [1.807, 2.05) is 79.8 Å². The second-order valence-electron chi connectivity index (χ2n) is 8.33. The van der Waals surface area contributed by atoms with Crippen LogP contribution in [0.3, 0.4) is 0 Å². The third-order valence-corrected chi connectivity index (χ3v) is 6.05. The molecule has 0 aliphatic carbocycles. The lowest BCUT2D eigenvalue weighted by Crippen LogP contribution is -2.39. The fourth-order valence-electron chi connectivity index (χ4n) is 4.36. The maximum Gasteiger partial charge on any atom is 0.417 e. The summed E-state index contributed by atoms with van der Waals surface area (Å²) in [6.07, 6.45) is 0.945. The first-order valence-corrected chi connectivity index (χ1v) is 11.7. The molecule has 5 rings (SSSR count). The van der Waals surface area contributed by atoms with Gasteiger partial charge in [-0.05, 0) is 28.8 Å². The molecular formula is C30H26N4O2. The minimum atomic E-state index is -0.786. The van der Waals surface area contributed by atoms with Crippen LogP contribution in [0.15, 0.2) is 128 Å². The highest BCUT2D eigenvalue weighted by Crippen LogP contribution is 2.41. The van der Waals surface area contributed by atoms with E-state index in [2.05, 4.69) is 52.1 Å². The molecule has 4 aromatic carbocycles. The van der Waals surface area contributed by atoms with Gasteiger partial charge in [0.05, 0.1) is 6.20 Å². The first kappa shape index (κ1) is 22.9. The summed E-state index contributed by atoms with van der Waals surface area (Å²) in [7, 11) is 1.82. The van der Waals surface area contributed by atoms with E-state index in [1.54, 1.807) is 23.0 Å². The third kappa shape index (κ3) is 4.57. The quantitative estimate of drug-likeness (QED) is 0.267. The summed E-state index contributed by atoms with van der Waals surface area (Å²) in [4.78, 5) is 12.7. The van der Waals surface area contributed by atoms with Gasteiger partial charge in [0.1, 0.15) is 5.54 Å². The lowest BCUT2D eigenvalue weighted by atomic mass is 9.77. The summed E-state index contributed by atoms with van der Waals surface area (Å²) in [6, 6.07) is 39.8. The molecule has 2 N–H and O–H groups in total. The van der Waals surface area contributed by atoms with Crippen molar-refractivity contribution in [3.8, 4) is 5.75 Å². The van der Waals surface area contributed by atoms with Crippen LogP contribution in [0.25, 0.3) is 0 Å². The van der Waals surface area contributed by atoms with E-state index >= 15 is 0 Å². The SMILES string of the molecule is Cn1ncc(OC(=O)Nc2ccccc2)c1NC(c1ccccc1)(c1ccccc1)c1ccccc1. The predicted octanol–water partition coefficient (Wildman–Crippen LogP) is 6.44. The zero-order valence-electron chi connectivity index (χ0n) is 19.8. The Morgan fingerprint density at radius 1 is 0.722 bits per heavy atom. The number of carbonyl (C=O) groups excluding carboxylic acids is 1. The lowest BCUT2D eigenvalue weighted by molar-refractivity contribution is 0.215. The highest BCUT2D eigenvalue weighted by Gasteiger charge is 2.38. The Morgan fingerprint density at radius 2 is 1.17 bits per heavy atom. The molecule has 1 aromatic heterocycles. The van der Waals surface area contributed by atoms with Gasteiger partial charge in [0.25, 0.3) is 0 Å². The van der Waals surface area contributed by atoms with Crippen LogP contribution in [0, 0.1) is 0 Å². The number of ether oxygens (including phenoxy) is 1. The van der Waals surface area contributed by atoms with Crippen molar-refractivity contribution in [3.05, 3.63) is 144 Å². The average Bonchev–Trinajstić information content (AvgIpc) is 3.27. The van der Waals surface area contributed by atoms with Gasteiger partial charge in [-0.1, -0.05) is 109 Å². The monoisotopic (exact) mass is 474 g/mol. The van der Waals surface area contributed by atoms with Crippen molar-refractivity contribution < 1.29 is 9.53 Å². The Hall–Kier alpha value is -4.84. The number of para-hydroxylation sites is 1. The van der Waals surface area contributed by atoms with Crippen LogP contribution in [0.4, 0.5) is 16.3 Å². The van der Waals surface area contributed by atoms with Crippen molar-refractivity contribution in [3.63, 3.8) is 0 Å². The zero-order chi connectivity index (χ0) is 24.8. The van der Waals surface area contributed by atoms with Crippen LogP contribution in [0.2, 0.25) is 0 Å². The topological polar surface area (TPSA) is 68.2 Å². The summed E-state index contributed by atoms with van der Waals surface area (Å²) in [5.41, 5.74) is 2.95. The number of nitrogens with one attached hydrogen (secondary N) is 2. The molecule has 0 saturated carbocycles. The molecule has 36 heavy (non-hydrogen) atoms. The van der Waals surface area contributed by atoms with Crippen molar-refractivity contribution in [2.24, 2.45) is 7.05 Å². The van der Waals surface area contributed by atoms with Crippen LogP contribution in [-0.4, -0.2) is 15.9 Å². The highest BCUT2D eigenvalue weighted by molar-refractivity contribution is 5.87. The lowest BCUT2D eigenvalue weighted by Gasteiger charge is -2.37.